The van der Waals surface area contributed by atoms with Crippen LogP contribution < -0.4 is 4.90 Å². The highest BCUT2D eigenvalue weighted by Gasteiger charge is 2.36. The molecule has 4 rings (SSSR count). The van der Waals surface area contributed by atoms with Crippen molar-refractivity contribution < 1.29 is 22.4 Å². The average Bonchev–Trinajstić information content (AvgIpc) is 2.74. The number of amides is 1. The molecule has 2 heterocycles. The topological polar surface area (TPSA) is 49.3 Å². The summed E-state index contributed by atoms with van der Waals surface area (Å²) in [7, 11) is 0. The highest BCUT2D eigenvalue weighted by Crippen LogP contribution is 2.32. The van der Waals surface area contributed by atoms with E-state index in [9.17, 15) is 22.4 Å². The first-order valence-corrected chi connectivity index (χ1v) is 9.38. The van der Waals surface area contributed by atoms with Gasteiger partial charge in [-0.05, 0) is 36.8 Å². The Hall–Kier alpha value is -3.23. The molecule has 1 aliphatic heterocycles. The smallest absolute Gasteiger partial charge is 0.352 e. The number of fused-ring (bicyclic) bond motifs is 1. The minimum Gasteiger partial charge on any atom is -0.352 e. The Bertz CT molecular complexity index is 1110. The van der Waals surface area contributed by atoms with Crippen molar-refractivity contribution >= 4 is 22.6 Å². The molecule has 30 heavy (non-hydrogen) atoms. The minimum absolute atomic E-state index is 0.196. The summed E-state index contributed by atoms with van der Waals surface area (Å²) in [4.78, 5) is 23.4. The van der Waals surface area contributed by atoms with Crippen LogP contribution in [-0.2, 0) is 6.18 Å². The van der Waals surface area contributed by atoms with E-state index in [-0.39, 0.29) is 35.9 Å². The Kier molecular flexibility index (Phi) is 5.05. The van der Waals surface area contributed by atoms with E-state index in [0.717, 1.165) is 0 Å². The number of benzene rings is 2. The molecule has 0 atom stereocenters. The summed E-state index contributed by atoms with van der Waals surface area (Å²) in [6.07, 6.45) is -4.66. The van der Waals surface area contributed by atoms with E-state index in [1.54, 1.807) is 47.1 Å². The number of nitrogens with zero attached hydrogens (tertiary/aromatic N) is 4. The van der Waals surface area contributed by atoms with Gasteiger partial charge in [-0.25, -0.2) is 14.4 Å². The van der Waals surface area contributed by atoms with Gasteiger partial charge < -0.3 is 9.80 Å². The molecule has 9 heteroatoms. The summed E-state index contributed by atoms with van der Waals surface area (Å²) in [5.41, 5.74) is 0.911. The zero-order chi connectivity index (χ0) is 21.5. The third kappa shape index (κ3) is 3.79. The molecule has 0 saturated carbocycles. The standard InChI is InChI=1S/C21H18F4N4O/c1-13-6-7-14(12-16(13)22)19(30)29-10-8-28(9-11-29)18-15-4-2-3-5-17(15)26-20(27-18)21(23,24)25/h2-7,12H,8-11H2,1H3. The monoisotopic (exact) mass is 418 g/mol. The molecule has 1 aromatic heterocycles. The molecule has 0 radical (unpaired) electrons. The first-order valence-electron chi connectivity index (χ1n) is 9.38. The van der Waals surface area contributed by atoms with Crippen molar-refractivity contribution in [1.29, 1.82) is 0 Å². The van der Waals surface area contributed by atoms with Crippen LogP contribution in [0.2, 0.25) is 0 Å². The van der Waals surface area contributed by atoms with Crippen molar-refractivity contribution in [3.05, 3.63) is 65.2 Å². The second-order valence-corrected chi connectivity index (χ2v) is 7.13. The SMILES string of the molecule is Cc1ccc(C(=O)N2CCN(c3nc(C(F)(F)F)nc4ccccc34)CC2)cc1F. The summed E-state index contributed by atoms with van der Waals surface area (Å²) < 4.78 is 53.5. The number of aryl methyl sites for hydroxylation is 1. The van der Waals surface area contributed by atoms with E-state index in [1.165, 1.54) is 12.1 Å². The number of piperazine rings is 1. The summed E-state index contributed by atoms with van der Waals surface area (Å²) in [5, 5.41) is 0.519. The zero-order valence-electron chi connectivity index (χ0n) is 16.1. The molecule has 1 saturated heterocycles. The van der Waals surface area contributed by atoms with Crippen LogP contribution in [0.1, 0.15) is 21.7 Å². The van der Waals surface area contributed by atoms with E-state index in [4.69, 9.17) is 0 Å². The number of rotatable bonds is 2. The molecule has 0 aliphatic carbocycles. The maximum Gasteiger partial charge on any atom is 0.451 e. The Balaban J connectivity index is 1.57. The van der Waals surface area contributed by atoms with Crippen LogP contribution in [0.25, 0.3) is 10.9 Å². The van der Waals surface area contributed by atoms with Crippen molar-refractivity contribution in [2.75, 3.05) is 31.1 Å². The molecule has 1 amide bonds. The predicted molar refractivity (Wildman–Crippen MR) is 104 cm³/mol. The maximum atomic E-state index is 13.8. The molecule has 5 nitrogen and oxygen atoms in total. The fourth-order valence-electron chi connectivity index (χ4n) is 3.46. The lowest BCUT2D eigenvalue weighted by Crippen LogP contribution is -2.49. The lowest BCUT2D eigenvalue weighted by Gasteiger charge is -2.36. The van der Waals surface area contributed by atoms with Crippen LogP contribution in [-0.4, -0.2) is 47.0 Å². The number of carbonyl (C=O) groups is 1. The van der Waals surface area contributed by atoms with Gasteiger partial charge in [0.15, 0.2) is 0 Å². The molecule has 0 spiro atoms. The number of carbonyl (C=O) groups excluding carboxylic acids is 1. The van der Waals surface area contributed by atoms with Crippen LogP contribution in [0.5, 0.6) is 0 Å². The van der Waals surface area contributed by atoms with Crippen LogP contribution in [0, 0.1) is 12.7 Å². The van der Waals surface area contributed by atoms with Gasteiger partial charge in [0.05, 0.1) is 5.52 Å². The van der Waals surface area contributed by atoms with Crippen molar-refractivity contribution in [1.82, 2.24) is 14.9 Å². The van der Waals surface area contributed by atoms with Crippen LogP contribution in [0.3, 0.4) is 0 Å². The highest BCUT2D eigenvalue weighted by molar-refractivity contribution is 5.94. The minimum atomic E-state index is -4.66. The lowest BCUT2D eigenvalue weighted by atomic mass is 10.1. The van der Waals surface area contributed by atoms with E-state index in [2.05, 4.69) is 9.97 Å². The molecular formula is C21H18F4N4O. The first-order chi connectivity index (χ1) is 14.2. The molecular weight excluding hydrogens is 400 g/mol. The number of hydrogen-bond donors (Lipinski definition) is 0. The second kappa shape index (κ2) is 7.55. The summed E-state index contributed by atoms with van der Waals surface area (Å²) in [6, 6.07) is 10.9. The van der Waals surface area contributed by atoms with Crippen molar-refractivity contribution in [2.45, 2.75) is 13.1 Å². The number of alkyl halides is 3. The molecule has 0 unspecified atom stereocenters. The molecule has 156 valence electrons. The summed E-state index contributed by atoms with van der Waals surface area (Å²) in [5.74, 6) is -1.75. The maximum absolute atomic E-state index is 13.8. The van der Waals surface area contributed by atoms with Gasteiger partial charge in [-0.1, -0.05) is 18.2 Å². The fourth-order valence-corrected chi connectivity index (χ4v) is 3.46. The van der Waals surface area contributed by atoms with Crippen molar-refractivity contribution in [3.8, 4) is 0 Å². The number of hydrogen-bond acceptors (Lipinski definition) is 4. The second-order valence-electron chi connectivity index (χ2n) is 7.13. The Morgan fingerprint density at radius 1 is 1.00 bits per heavy atom. The van der Waals surface area contributed by atoms with Gasteiger partial charge in [0.1, 0.15) is 11.6 Å². The fraction of sp³-hybridized carbons (Fsp3) is 0.286. The zero-order valence-corrected chi connectivity index (χ0v) is 16.1. The number of anilines is 1. The molecule has 2 aromatic carbocycles. The first kappa shape index (κ1) is 20.1. The predicted octanol–water partition coefficient (Wildman–Crippen LogP) is 4.06. The van der Waals surface area contributed by atoms with Crippen LogP contribution in [0.4, 0.5) is 23.4 Å². The quantitative estimate of drug-likeness (QED) is 0.589. The molecule has 1 fully saturated rings. The van der Waals surface area contributed by atoms with Gasteiger partial charge in [-0.3, -0.25) is 4.79 Å². The van der Waals surface area contributed by atoms with Gasteiger partial charge in [-0.2, -0.15) is 13.2 Å². The molecule has 1 aliphatic rings. The Morgan fingerprint density at radius 3 is 2.37 bits per heavy atom. The van der Waals surface area contributed by atoms with Gasteiger partial charge in [0, 0.05) is 37.1 Å². The summed E-state index contributed by atoms with van der Waals surface area (Å²) in [6.45, 7) is 2.79. The molecule has 0 N–H and O–H groups in total. The average molecular weight is 418 g/mol. The van der Waals surface area contributed by atoms with Crippen molar-refractivity contribution in [2.24, 2.45) is 0 Å². The lowest BCUT2D eigenvalue weighted by molar-refractivity contribution is -0.144. The van der Waals surface area contributed by atoms with Crippen LogP contribution >= 0.6 is 0 Å². The Morgan fingerprint density at radius 2 is 1.70 bits per heavy atom. The largest absolute Gasteiger partial charge is 0.451 e. The third-order valence-electron chi connectivity index (χ3n) is 5.12. The summed E-state index contributed by atoms with van der Waals surface area (Å²) >= 11 is 0. The van der Waals surface area contributed by atoms with E-state index < -0.39 is 17.8 Å². The van der Waals surface area contributed by atoms with Gasteiger partial charge in [0.25, 0.3) is 5.91 Å². The highest BCUT2D eigenvalue weighted by atomic mass is 19.4. The van der Waals surface area contributed by atoms with E-state index in [0.29, 0.717) is 24.0 Å². The number of aromatic nitrogens is 2. The van der Waals surface area contributed by atoms with Gasteiger partial charge >= 0.3 is 6.18 Å². The van der Waals surface area contributed by atoms with Gasteiger partial charge in [-0.15, -0.1) is 0 Å². The van der Waals surface area contributed by atoms with Crippen LogP contribution in [0.15, 0.2) is 42.5 Å². The molecule has 3 aromatic rings. The number of halogens is 4. The number of para-hydroxylation sites is 1. The van der Waals surface area contributed by atoms with E-state index >= 15 is 0 Å². The molecule has 0 bridgehead atoms. The van der Waals surface area contributed by atoms with E-state index in [1.807, 2.05) is 0 Å². The third-order valence-corrected chi connectivity index (χ3v) is 5.12. The Labute approximate surface area is 170 Å². The van der Waals surface area contributed by atoms with Crippen molar-refractivity contribution in [3.63, 3.8) is 0 Å². The normalized spacial score (nSPS) is 15.0. The van der Waals surface area contributed by atoms with Gasteiger partial charge in [0.2, 0.25) is 5.82 Å².